The van der Waals surface area contributed by atoms with Crippen LogP contribution in [0.1, 0.15) is 40.1 Å². The number of hydrogen-bond donors (Lipinski definition) is 1. The van der Waals surface area contributed by atoms with Gasteiger partial charge >= 0.3 is 0 Å². The first-order valence-electron chi connectivity index (χ1n) is 7.99. The van der Waals surface area contributed by atoms with Gasteiger partial charge in [0, 0.05) is 26.2 Å². The van der Waals surface area contributed by atoms with Crippen molar-refractivity contribution in [3.8, 4) is 0 Å². The summed E-state index contributed by atoms with van der Waals surface area (Å²) in [6.45, 7) is 8.74. The molecule has 0 atom stereocenters. The highest BCUT2D eigenvalue weighted by Gasteiger charge is 2.24. The molecule has 2 saturated heterocycles. The number of aryl methyl sites for hydroxylation is 1. The minimum absolute atomic E-state index is 0.179. The van der Waals surface area contributed by atoms with Crippen molar-refractivity contribution >= 4 is 17.2 Å². The maximum atomic E-state index is 12.7. The molecule has 0 aromatic carbocycles. The van der Waals surface area contributed by atoms with E-state index in [9.17, 15) is 4.79 Å². The number of amides is 1. The van der Waals surface area contributed by atoms with E-state index in [1.165, 1.54) is 25.9 Å². The number of nitrogens with zero attached hydrogens (tertiary/aromatic N) is 3. The molecule has 0 saturated carbocycles. The summed E-state index contributed by atoms with van der Waals surface area (Å²) < 4.78 is 0. The summed E-state index contributed by atoms with van der Waals surface area (Å²) in [6, 6.07) is 0. The van der Waals surface area contributed by atoms with Crippen LogP contribution in [0.2, 0.25) is 0 Å². The van der Waals surface area contributed by atoms with Crippen molar-refractivity contribution in [2.24, 2.45) is 0 Å². The number of aromatic nitrogens is 1. The average Bonchev–Trinajstić information content (AvgIpc) is 3.17. The van der Waals surface area contributed by atoms with Crippen molar-refractivity contribution in [2.75, 3.05) is 39.3 Å². The molecule has 1 aromatic heterocycles. The van der Waals surface area contributed by atoms with Gasteiger partial charge in [-0.05, 0) is 32.4 Å². The van der Waals surface area contributed by atoms with Crippen molar-refractivity contribution < 1.29 is 4.79 Å². The molecule has 1 N–H and O–H groups in total. The van der Waals surface area contributed by atoms with Crippen LogP contribution >= 0.6 is 11.3 Å². The molecule has 1 amide bonds. The molecule has 21 heavy (non-hydrogen) atoms. The number of thiazole rings is 1. The highest BCUT2D eigenvalue weighted by atomic mass is 32.1. The summed E-state index contributed by atoms with van der Waals surface area (Å²) in [6.07, 6.45) is 3.42. The second kappa shape index (κ2) is 6.85. The van der Waals surface area contributed by atoms with Gasteiger partial charge in [0.1, 0.15) is 9.88 Å². The number of nitrogens with one attached hydrogen (secondary N) is 1. The number of hydrogen-bond acceptors (Lipinski definition) is 5. The van der Waals surface area contributed by atoms with E-state index in [1.807, 2.05) is 4.90 Å². The lowest BCUT2D eigenvalue weighted by molar-refractivity contribution is 0.0739. The zero-order valence-corrected chi connectivity index (χ0v) is 13.5. The minimum atomic E-state index is 0.179. The van der Waals surface area contributed by atoms with Gasteiger partial charge in [0.2, 0.25) is 0 Å². The van der Waals surface area contributed by atoms with Crippen molar-refractivity contribution in [2.45, 2.75) is 32.7 Å². The Bertz CT molecular complexity index is 490. The highest BCUT2D eigenvalue weighted by Crippen LogP contribution is 2.24. The molecule has 2 fully saturated rings. The summed E-state index contributed by atoms with van der Waals surface area (Å²) in [7, 11) is 0. The second-order valence-corrected chi connectivity index (χ2v) is 6.85. The van der Waals surface area contributed by atoms with E-state index in [0.717, 1.165) is 54.7 Å². The van der Waals surface area contributed by atoms with Crippen LogP contribution in [0.25, 0.3) is 0 Å². The quantitative estimate of drug-likeness (QED) is 0.912. The first kappa shape index (κ1) is 14.9. The predicted molar refractivity (Wildman–Crippen MR) is 84.8 cm³/mol. The van der Waals surface area contributed by atoms with E-state index in [4.69, 9.17) is 4.98 Å². The van der Waals surface area contributed by atoms with Gasteiger partial charge in [-0.3, -0.25) is 9.69 Å². The van der Waals surface area contributed by atoms with Gasteiger partial charge in [0.15, 0.2) is 0 Å². The van der Waals surface area contributed by atoms with E-state index < -0.39 is 0 Å². The summed E-state index contributed by atoms with van der Waals surface area (Å²) in [5.74, 6) is 0.179. The monoisotopic (exact) mass is 308 g/mol. The average molecular weight is 308 g/mol. The summed E-state index contributed by atoms with van der Waals surface area (Å²) >= 11 is 1.61. The lowest BCUT2D eigenvalue weighted by Crippen LogP contribution is -2.46. The minimum Gasteiger partial charge on any atom is -0.335 e. The van der Waals surface area contributed by atoms with E-state index in [2.05, 4.69) is 17.1 Å². The lowest BCUT2D eigenvalue weighted by Gasteiger charge is -2.27. The van der Waals surface area contributed by atoms with Crippen LogP contribution in [0.3, 0.4) is 0 Å². The Morgan fingerprint density at radius 1 is 1.24 bits per heavy atom. The van der Waals surface area contributed by atoms with Gasteiger partial charge in [0.05, 0.1) is 12.2 Å². The summed E-state index contributed by atoms with van der Waals surface area (Å²) in [5.41, 5.74) is 0.984. The van der Waals surface area contributed by atoms with Crippen LogP contribution in [0.15, 0.2) is 0 Å². The molecule has 3 rings (SSSR count). The molecule has 0 spiro atoms. The molecule has 3 heterocycles. The fourth-order valence-electron chi connectivity index (χ4n) is 3.02. The predicted octanol–water partition coefficient (Wildman–Crippen LogP) is 1.35. The Morgan fingerprint density at radius 2 is 1.95 bits per heavy atom. The smallest absolute Gasteiger partial charge is 0.265 e. The SMILES string of the molecule is CCc1nc(CN2CCCC2)sc1C(=O)N1CCNCC1. The fraction of sp³-hybridized carbons (Fsp3) is 0.733. The van der Waals surface area contributed by atoms with Gasteiger partial charge in [-0.1, -0.05) is 6.92 Å². The van der Waals surface area contributed by atoms with E-state index in [1.54, 1.807) is 11.3 Å². The molecule has 0 radical (unpaired) electrons. The Kier molecular flexibility index (Phi) is 4.87. The Morgan fingerprint density at radius 3 is 2.62 bits per heavy atom. The zero-order chi connectivity index (χ0) is 14.7. The van der Waals surface area contributed by atoms with Crippen LogP contribution < -0.4 is 5.32 Å². The molecule has 0 aliphatic carbocycles. The molecule has 2 aliphatic heterocycles. The van der Waals surface area contributed by atoms with E-state index in [-0.39, 0.29) is 5.91 Å². The number of carbonyl (C=O) groups excluding carboxylic acids is 1. The molecule has 116 valence electrons. The molecule has 0 unspecified atom stereocenters. The topological polar surface area (TPSA) is 48.5 Å². The molecule has 5 nitrogen and oxygen atoms in total. The van der Waals surface area contributed by atoms with Crippen LogP contribution in [-0.2, 0) is 13.0 Å². The van der Waals surface area contributed by atoms with Crippen molar-refractivity contribution in [3.05, 3.63) is 15.6 Å². The number of rotatable bonds is 4. The molecular weight excluding hydrogens is 284 g/mol. The maximum Gasteiger partial charge on any atom is 0.265 e. The third kappa shape index (κ3) is 3.44. The maximum absolute atomic E-state index is 12.7. The molecule has 6 heteroatoms. The Hall–Kier alpha value is -0.980. The first-order chi connectivity index (χ1) is 10.3. The standard InChI is InChI=1S/C15H24N4OS/c1-2-12-14(15(20)19-9-5-16-6-10-19)21-13(17-12)11-18-7-3-4-8-18/h16H,2-11H2,1H3. The molecular formula is C15H24N4OS. The molecule has 2 aliphatic rings. The van der Waals surface area contributed by atoms with E-state index in [0.29, 0.717) is 0 Å². The summed E-state index contributed by atoms with van der Waals surface area (Å²) in [5, 5.41) is 4.39. The zero-order valence-electron chi connectivity index (χ0n) is 12.7. The number of carbonyl (C=O) groups is 1. The highest BCUT2D eigenvalue weighted by molar-refractivity contribution is 7.13. The van der Waals surface area contributed by atoms with Crippen molar-refractivity contribution in [3.63, 3.8) is 0 Å². The third-order valence-electron chi connectivity index (χ3n) is 4.23. The summed E-state index contributed by atoms with van der Waals surface area (Å²) in [4.78, 5) is 22.7. The molecule has 0 bridgehead atoms. The van der Waals surface area contributed by atoms with Gasteiger partial charge in [-0.25, -0.2) is 4.98 Å². The second-order valence-electron chi connectivity index (χ2n) is 5.76. The number of likely N-dealkylation sites (tertiary alicyclic amines) is 1. The largest absolute Gasteiger partial charge is 0.335 e. The fourth-order valence-corrected chi connectivity index (χ4v) is 4.18. The Labute approximate surface area is 130 Å². The van der Waals surface area contributed by atoms with Crippen molar-refractivity contribution in [1.29, 1.82) is 0 Å². The van der Waals surface area contributed by atoms with Crippen LogP contribution in [0.4, 0.5) is 0 Å². The van der Waals surface area contributed by atoms with Crippen molar-refractivity contribution in [1.82, 2.24) is 20.1 Å². The number of piperazine rings is 1. The van der Waals surface area contributed by atoms with Gasteiger partial charge < -0.3 is 10.2 Å². The normalized spacial score (nSPS) is 20.1. The van der Waals surface area contributed by atoms with Gasteiger partial charge in [-0.15, -0.1) is 11.3 Å². The molecule has 1 aromatic rings. The van der Waals surface area contributed by atoms with Crippen LogP contribution in [-0.4, -0.2) is 60.0 Å². The van der Waals surface area contributed by atoms with Gasteiger partial charge in [-0.2, -0.15) is 0 Å². The first-order valence-corrected chi connectivity index (χ1v) is 8.80. The van der Waals surface area contributed by atoms with Gasteiger partial charge in [0.25, 0.3) is 5.91 Å². The lowest BCUT2D eigenvalue weighted by atomic mass is 10.2. The van der Waals surface area contributed by atoms with E-state index >= 15 is 0 Å². The Balaban J connectivity index is 1.73. The third-order valence-corrected chi connectivity index (χ3v) is 5.30. The van der Waals surface area contributed by atoms with Crippen LogP contribution in [0, 0.1) is 0 Å². The van der Waals surface area contributed by atoms with Crippen LogP contribution in [0.5, 0.6) is 0 Å².